The van der Waals surface area contributed by atoms with Gasteiger partial charge in [-0.25, -0.2) is 9.78 Å². The molecule has 3 heterocycles. The van der Waals surface area contributed by atoms with E-state index in [0.29, 0.717) is 35.3 Å². The number of nitrogens with one attached hydrogen (secondary N) is 3. The first-order valence-corrected chi connectivity index (χ1v) is 10.8. The van der Waals surface area contributed by atoms with Crippen molar-refractivity contribution in [2.45, 2.75) is 12.6 Å². The molecule has 1 aliphatic rings. The van der Waals surface area contributed by atoms with E-state index >= 15 is 0 Å². The minimum Gasteiger partial charge on any atom is -0.493 e. The number of aromatic nitrogens is 4. The number of ether oxygens (including phenoxy) is 3. The van der Waals surface area contributed by atoms with Crippen molar-refractivity contribution in [3.05, 3.63) is 93.8 Å². The second-order valence-corrected chi connectivity index (χ2v) is 7.81. The molecule has 2 aromatic heterocycles. The van der Waals surface area contributed by atoms with Gasteiger partial charge < -0.3 is 25.3 Å². The molecule has 2 aromatic carbocycles. The van der Waals surface area contributed by atoms with Gasteiger partial charge in [-0.1, -0.05) is 6.07 Å². The number of H-pyrrole nitrogens is 1. The van der Waals surface area contributed by atoms with Crippen molar-refractivity contribution < 1.29 is 14.2 Å². The minimum absolute atomic E-state index is 0.0223. The summed E-state index contributed by atoms with van der Waals surface area (Å²) in [5.74, 6) is 1.92. The van der Waals surface area contributed by atoms with Gasteiger partial charge in [0.25, 0.3) is 0 Å². The minimum atomic E-state index is -0.572. The molecule has 5 N–H and O–H groups in total. The topological polar surface area (TPSA) is 153 Å². The van der Waals surface area contributed by atoms with Gasteiger partial charge in [0, 0.05) is 23.0 Å². The number of hydrogen-bond acceptors (Lipinski definition) is 8. The quantitative estimate of drug-likeness (QED) is 0.236. The van der Waals surface area contributed by atoms with Crippen LogP contribution in [-0.2, 0) is 11.3 Å². The van der Waals surface area contributed by atoms with Crippen molar-refractivity contribution in [3.63, 3.8) is 0 Å². The number of pyridine rings is 1. The summed E-state index contributed by atoms with van der Waals surface area (Å²) in [4.78, 5) is 19.9. The normalized spacial score (nSPS) is 13.4. The van der Waals surface area contributed by atoms with E-state index in [2.05, 4.69) is 20.4 Å². The van der Waals surface area contributed by atoms with Crippen molar-refractivity contribution in [3.8, 4) is 17.3 Å². The first kappa shape index (κ1) is 22.2. The van der Waals surface area contributed by atoms with E-state index in [4.69, 9.17) is 25.4 Å². The van der Waals surface area contributed by atoms with Gasteiger partial charge in [0.05, 0.1) is 13.7 Å². The zero-order chi connectivity index (χ0) is 24.4. The Balaban J connectivity index is 1.60. The molecule has 35 heavy (non-hydrogen) atoms. The van der Waals surface area contributed by atoms with Crippen LogP contribution in [0, 0.1) is 5.41 Å². The number of fused-ring (bicyclic) bond motifs is 1. The maximum absolute atomic E-state index is 12.8. The smallest absolute Gasteiger partial charge is 0.349 e. The van der Waals surface area contributed by atoms with Crippen LogP contribution in [0.15, 0.2) is 65.6 Å². The number of methoxy groups -OCH3 is 1. The van der Waals surface area contributed by atoms with Crippen LogP contribution in [-0.4, -0.2) is 39.5 Å². The monoisotopic (exact) mass is 473 g/mol. The summed E-state index contributed by atoms with van der Waals surface area (Å²) >= 11 is 0. The van der Waals surface area contributed by atoms with Crippen LogP contribution in [0.4, 0.5) is 5.69 Å². The Hall–Kier alpha value is -4.64. The van der Waals surface area contributed by atoms with E-state index in [1.165, 1.54) is 4.68 Å². The molecule has 1 atom stereocenters. The molecule has 4 aromatic rings. The molecular weight excluding hydrogens is 450 g/mol. The average Bonchev–Trinajstić information content (AvgIpc) is 3.28. The van der Waals surface area contributed by atoms with Gasteiger partial charge in [-0.05, 0) is 54.1 Å². The number of aromatic amines is 1. The zero-order valence-corrected chi connectivity index (χ0v) is 18.8. The van der Waals surface area contributed by atoms with E-state index in [9.17, 15) is 4.79 Å². The Morgan fingerprint density at radius 3 is 2.80 bits per heavy atom. The van der Waals surface area contributed by atoms with Crippen LogP contribution < -0.4 is 26.2 Å². The lowest BCUT2D eigenvalue weighted by molar-refractivity contribution is -0.0180. The van der Waals surface area contributed by atoms with E-state index < -0.39 is 11.7 Å². The number of rotatable bonds is 7. The second-order valence-electron chi connectivity index (χ2n) is 7.81. The molecule has 5 rings (SSSR count). The van der Waals surface area contributed by atoms with Gasteiger partial charge in [-0.15, -0.1) is 5.10 Å². The molecule has 0 spiro atoms. The van der Waals surface area contributed by atoms with Gasteiger partial charge in [0.15, 0.2) is 29.9 Å². The van der Waals surface area contributed by atoms with Gasteiger partial charge >= 0.3 is 5.69 Å². The first-order chi connectivity index (χ1) is 17.0. The Labute approximate surface area is 200 Å². The van der Waals surface area contributed by atoms with Gasteiger partial charge in [-0.3, -0.25) is 10.4 Å². The predicted octanol–water partition coefficient (Wildman–Crippen LogP) is 2.32. The third kappa shape index (κ3) is 4.44. The Bertz CT molecular complexity index is 1400. The van der Waals surface area contributed by atoms with Gasteiger partial charge in [0.1, 0.15) is 11.9 Å². The molecule has 0 unspecified atom stereocenters. The maximum atomic E-state index is 12.8. The summed E-state index contributed by atoms with van der Waals surface area (Å²) in [5.41, 5.74) is 8.08. The Kier molecular flexibility index (Phi) is 5.90. The molecule has 11 heteroatoms. The lowest BCUT2D eigenvalue weighted by Gasteiger charge is -2.24. The number of nitrogens with two attached hydrogens (primary N) is 1. The highest BCUT2D eigenvalue weighted by Gasteiger charge is 2.25. The summed E-state index contributed by atoms with van der Waals surface area (Å²) in [7, 11) is 1.57. The zero-order valence-electron chi connectivity index (χ0n) is 18.8. The molecule has 0 radical (unpaired) electrons. The molecule has 0 bridgehead atoms. The Morgan fingerprint density at radius 2 is 2.09 bits per heavy atom. The van der Waals surface area contributed by atoms with Crippen molar-refractivity contribution in [2.75, 3.05) is 19.2 Å². The molecule has 11 nitrogen and oxygen atoms in total. The summed E-state index contributed by atoms with van der Waals surface area (Å²) < 4.78 is 17.9. The highest BCUT2D eigenvalue weighted by atomic mass is 16.7. The van der Waals surface area contributed by atoms with Crippen molar-refractivity contribution >= 4 is 11.5 Å². The third-order valence-electron chi connectivity index (χ3n) is 5.53. The van der Waals surface area contributed by atoms with Crippen LogP contribution in [0.1, 0.15) is 28.6 Å². The van der Waals surface area contributed by atoms with Crippen molar-refractivity contribution in [1.82, 2.24) is 19.7 Å². The van der Waals surface area contributed by atoms with Crippen LogP contribution in [0.3, 0.4) is 0 Å². The van der Waals surface area contributed by atoms with Crippen LogP contribution in [0.25, 0.3) is 5.82 Å². The van der Waals surface area contributed by atoms with E-state index in [1.807, 2.05) is 12.1 Å². The van der Waals surface area contributed by atoms with E-state index in [0.717, 1.165) is 16.8 Å². The standard InChI is InChI=1S/C24H23N7O4/c1-33-18-11-15(10-16-12-34-13-35-21(16)18)20(28-17-7-5-14(6-8-17)22(25)26)23-29-24(32)31(30-23)19-4-2-3-9-27-19/h2-11,20,28H,12-13H2,1H3,(H3,25,26)(H,29,30,32)/t20-/m0/s1. The van der Waals surface area contributed by atoms with Crippen LogP contribution >= 0.6 is 0 Å². The molecule has 0 amide bonds. The number of benzene rings is 2. The van der Waals surface area contributed by atoms with Crippen molar-refractivity contribution in [1.29, 1.82) is 5.41 Å². The molecular formula is C24H23N7O4. The Morgan fingerprint density at radius 1 is 1.26 bits per heavy atom. The van der Waals surface area contributed by atoms with Gasteiger partial charge in [0.2, 0.25) is 0 Å². The number of amidine groups is 1. The molecule has 1 aliphatic heterocycles. The van der Waals surface area contributed by atoms with Crippen molar-refractivity contribution in [2.24, 2.45) is 5.73 Å². The number of hydrogen-bond donors (Lipinski definition) is 4. The average molecular weight is 473 g/mol. The fourth-order valence-corrected chi connectivity index (χ4v) is 3.85. The predicted molar refractivity (Wildman–Crippen MR) is 128 cm³/mol. The fourth-order valence-electron chi connectivity index (χ4n) is 3.85. The van der Waals surface area contributed by atoms with Gasteiger partial charge in [-0.2, -0.15) is 4.68 Å². The molecule has 0 fully saturated rings. The summed E-state index contributed by atoms with van der Waals surface area (Å²) in [6, 6.07) is 15.5. The number of nitrogen functional groups attached to an aromatic ring is 1. The summed E-state index contributed by atoms with van der Waals surface area (Å²) in [6.45, 7) is 0.507. The largest absolute Gasteiger partial charge is 0.493 e. The number of nitrogens with zero attached hydrogens (tertiary/aromatic N) is 3. The molecule has 0 saturated carbocycles. The number of anilines is 1. The SMILES string of the molecule is COc1cc([C@H](Nc2ccc(C(=N)N)cc2)c2nn(-c3ccccn3)c(=O)[nH]2)cc2c1OCOC2. The van der Waals surface area contributed by atoms with Crippen LogP contribution in [0.5, 0.6) is 11.5 Å². The lowest BCUT2D eigenvalue weighted by Crippen LogP contribution is -2.18. The third-order valence-corrected chi connectivity index (χ3v) is 5.53. The molecule has 178 valence electrons. The molecule has 0 aliphatic carbocycles. The lowest BCUT2D eigenvalue weighted by atomic mass is 10.0. The van der Waals surface area contributed by atoms with E-state index in [-0.39, 0.29) is 12.6 Å². The fraction of sp³-hybridized carbons (Fsp3) is 0.167. The maximum Gasteiger partial charge on any atom is 0.349 e. The second kappa shape index (κ2) is 9.31. The highest BCUT2D eigenvalue weighted by Crippen LogP contribution is 2.38. The summed E-state index contributed by atoms with van der Waals surface area (Å²) in [5, 5.41) is 15.6. The van der Waals surface area contributed by atoms with E-state index in [1.54, 1.807) is 55.8 Å². The molecule has 0 saturated heterocycles. The van der Waals surface area contributed by atoms with Crippen LogP contribution in [0.2, 0.25) is 0 Å². The summed E-state index contributed by atoms with van der Waals surface area (Å²) in [6.07, 6.45) is 1.59. The first-order valence-electron chi connectivity index (χ1n) is 10.8. The highest BCUT2D eigenvalue weighted by molar-refractivity contribution is 5.95.